The summed E-state index contributed by atoms with van der Waals surface area (Å²) < 4.78 is 44.4. The summed E-state index contributed by atoms with van der Waals surface area (Å²) in [6.07, 6.45) is 2.63. The van der Waals surface area contributed by atoms with Crippen molar-refractivity contribution in [3.05, 3.63) is 35.3 Å². The molecule has 0 radical (unpaired) electrons. The van der Waals surface area contributed by atoms with Crippen LogP contribution in [0.3, 0.4) is 0 Å². The molecule has 6 heterocycles. The van der Waals surface area contributed by atoms with Crippen molar-refractivity contribution in [2.75, 3.05) is 24.7 Å². The number of anilines is 2. The number of aromatic nitrogens is 7. The summed E-state index contributed by atoms with van der Waals surface area (Å²) in [6, 6.07) is 1.74. The van der Waals surface area contributed by atoms with E-state index in [0.717, 1.165) is 0 Å². The Bertz CT molecular complexity index is 1740. The second-order valence-electron chi connectivity index (χ2n) is 9.60. The number of hydrogen-bond acceptors (Lipinski definition) is 14. The lowest BCUT2D eigenvalue weighted by Gasteiger charge is -2.17. The minimum Gasteiger partial charge on any atom is -0.383 e. The van der Waals surface area contributed by atoms with Crippen molar-refractivity contribution in [1.82, 2.24) is 34.1 Å². The Balaban J connectivity index is 1.08. The number of hydrogen-bond donors (Lipinski definition) is 5. The largest absolute Gasteiger partial charge is 0.697 e. The van der Waals surface area contributed by atoms with Crippen molar-refractivity contribution in [2.45, 2.75) is 50.0 Å². The number of nitrogens with zero attached hydrogens (tertiary/aromatic N) is 6. The van der Waals surface area contributed by atoms with E-state index < -0.39 is 51.3 Å². The van der Waals surface area contributed by atoms with Crippen LogP contribution in [0, 0.1) is 0 Å². The van der Waals surface area contributed by atoms with Gasteiger partial charge in [0.25, 0.3) is 5.56 Å². The SMILES string of the molecule is Nc1nc2c(ncn2[C@H]2CC[C@@H](CO[P+](=O)OC3C[C@H](n4ccc5c(N)ncnc54)OC3COP(O)(O)=S)O2)c(=O)[nH]1. The van der Waals surface area contributed by atoms with Crippen molar-refractivity contribution in [3.8, 4) is 0 Å². The molecule has 42 heavy (non-hydrogen) atoms. The van der Waals surface area contributed by atoms with E-state index in [4.69, 9.17) is 34.5 Å². The highest BCUT2D eigenvalue weighted by Gasteiger charge is 2.45. The summed E-state index contributed by atoms with van der Waals surface area (Å²) in [5.74, 6) is 0.262. The van der Waals surface area contributed by atoms with Crippen LogP contribution in [0.25, 0.3) is 22.2 Å². The van der Waals surface area contributed by atoms with E-state index in [1.165, 1.54) is 12.7 Å². The first kappa shape index (κ1) is 29.1. The van der Waals surface area contributed by atoms with Crippen LogP contribution in [0.5, 0.6) is 0 Å². The zero-order valence-electron chi connectivity index (χ0n) is 21.6. The second-order valence-corrected chi connectivity index (χ2v) is 13.2. The normalized spacial score (nSPS) is 25.1. The predicted molar refractivity (Wildman–Crippen MR) is 149 cm³/mol. The van der Waals surface area contributed by atoms with Crippen LogP contribution < -0.4 is 17.0 Å². The molecule has 3 unspecified atom stereocenters. The Labute approximate surface area is 242 Å². The van der Waals surface area contributed by atoms with Crippen molar-refractivity contribution in [3.63, 3.8) is 0 Å². The first-order valence-corrected chi connectivity index (χ1v) is 16.3. The quantitative estimate of drug-likeness (QED) is 0.151. The highest BCUT2D eigenvalue weighted by atomic mass is 32.5. The molecule has 6 atom stereocenters. The van der Waals surface area contributed by atoms with Crippen molar-refractivity contribution < 1.29 is 37.4 Å². The number of nitrogens with one attached hydrogen (secondary N) is 1. The van der Waals surface area contributed by atoms with Gasteiger partial charge in [-0.3, -0.25) is 14.3 Å². The Morgan fingerprint density at radius 2 is 1.98 bits per heavy atom. The molecule has 0 saturated carbocycles. The van der Waals surface area contributed by atoms with Crippen LogP contribution in [-0.4, -0.2) is 75.4 Å². The third-order valence-corrected chi connectivity index (χ3v) is 8.48. The molecule has 18 nitrogen and oxygen atoms in total. The minimum absolute atomic E-state index is 0.0382. The van der Waals surface area contributed by atoms with Gasteiger partial charge in [-0.1, -0.05) is 0 Å². The van der Waals surface area contributed by atoms with Gasteiger partial charge in [-0.15, -0.1) is 9.05 Å². The van der Waals surface area contributed by atoms with Crippen LogP contribution in [0.1, 0.15) is 31.7 Å². The Morgan fingerprint density at radius 1 is 1.14 bits per heavy atom. The summed E-state index contributed by atoms with van der Waals surface area (Å²) in [5.41, 5.74) is 12.1. The van der Waals surface area contributed by atoms with Gasteiger partial charge >= 0.3 is 15.0 Å². The number of fused-ring (bicyclic) bond motifs is 2. The monoisotopic (exact) mass is 642 g/mol. The highest BCUT2D eigenvalue weighted by molar-refractivity contribution is 8.06. The molecule has 2 fully saturated rings. The van der Waals surface area contributed by atoms with Gasteiger partial charge in [0, 0.05) is 17.2 Å². The molecule has 2 aliphatic rings. The smallest absolute Gasteiger partial charge is 0.383 e. The van der Waals surface area contributed by atoms with Gasteiger partial charge in [0.15, 0.2) is 11.2 Å². The molecule has 2 saturated heterocycles. The standard InChI is InChI=1S/C21H25N9O9P2S/c22-17-11-3-4-29(18(11)25-8-24-17)15-5-12(13(38-15)7-36-41(33,34)42)39-40(32)35-6-10-1-2-14(37-10)30-9-26-16-19(30)27-21(23)28-20(16)31/h3-4,8-10,12-15H,1-2,5-7H2,(H6-,22,23,24,25,27,28,31,33,34,42)/p+1/t10-,12?,13?,14+,15+/m0/s1. The number of imidazole rings is 1. The molecule has 6 rings (SSSR count). The average molecular weight is 643 g/mol. The van der Waals surface area contributed by atoms with E-state index in [9.17, 15) is 19.1 Å². The summed E-state index contributed by atoms with van der Waals surface area (Å²) in [5, 5.41) is 0.624. The molecule has 21 heteroatoms. The average Bonchev–Trinajstić information content (AvgIpc) is 3.71. The van der Waals surface area contributed by atoms with Crippen molar-refractivity contribution >= 4 is 60.7 Å². The molecule has 0 bridgehead atoms. The Hall–Kier alpha value is -2.96. The molecule has 0 aromatic carbocycles. The summed E-state index contributed by atoms with van der Waals surface area (Å²) in [7, 11) is -2.64. The zero-order valence-corrected chi connectivity index (χ0v) is 24.2. The summed E-state index contributed by atoms with van der Waals surface area (Å²) in [6.45, 7) is -4.35. The van der Waals surface area contributed by atoms with E-state index in [1.807, 2.05) is 0 Å². The molecular weight excluding hydrogens is 616 g/mol. The third-order valence-electron chi connectivity index (χ3n) is 6.87. The summed E-state index contributed by atoms with van der Waals surface area (Å²) >= 11 is 4.55. The van der Waals surface area contributed by atoms with Gasteiger partial charge in [0.1, 0.15) is 49.1 Å². The second kappa shape index (κ2) is 11.6. The number of rotatable bonds is 10. The third kappa shape index (κ3) is 6.07. The molecule has 0 amide bonds. The van der Waals surface area contributed by atoms with Gasteiger partial charge in [-0.05, 0) is 30.7 Å². The van der Waals surface area contributed by atoms with Gasteiger partial charge in [-0.25, -0.2) is 15.0 Å². The van der Waals surface area contributed by atoms with E-state index in [2.05, 4.69) is 36.7 Å². The molecule has 2 aliphatic heterocycles. The van der Waals surface area contributed by atoms with Gasteiger partial charge < -0.3 is 39.8 Å². The van der Waals surface area contributed by atoms with Gasteiger partial charge in [-0.2, -0.15) is 4.98 Å². The maximum Gasteiger partial charge on any atom is 0.697 e. The molecule has 0 spiro atoms. The van der Waals surface area contributed by atoms with Crippen LogP contribution in [0.2, 0.25) is 0 Å². The number of nitrogens with two attached hydrogens (primary N) is 2. The lowest BCUT2D eigenvalue weighted by molar-refractivity contribution is -0.0393. The fourth-order valence-electron chi connectivity index (χ4n) is 4.98. The first-order valence-electron chi connectivity index (χ1n) is 12.6. The maximum atomic E-state index is 12.8. The molecule has 224 valence electrons. The van der Waals surface area contributed by atoms with Crippen LogP contribution in [0.15, 0.2) is 29.7 Å². The van der Waals surface area contributed by atoms with Gasteiger partial charge in [0.2, 0.25) is 5.95 Å². The number of H-pyrrole nitrogens is 1. The highest BCUT2D eigenvalue weighted by Crippen LogP contribution is 2.43. The van der Waals surface area contributed by atoms with Crippen molar-refractivity contribution in [2.24, 2.45) is 0 Å². The molecule has 0 aliphatic carbocycles. The lowest BCUT2D eigenvalue weighted by Crippen LogP contribution is -2.27. The van der Waals surface area contributed by atoms with Crippen LogP contribution in [0.4, 0.5) is 11.8 Å². The van der Waals surface area contributed by atoms with E-state index >= 15 is 0 Å². The number of aromatic amines is 1. The van der Waals surface area contributed by atoms with Crippen LogP contribution >= 0.6 is 15.0 Å². The van der Waals surface area contributed by atoms with Crippen molar-refractivity contribution in [1.29, 1.82) is 0 Å². The summed E-state index contributed by atoms with van der Waals surface area (Å²) in [4.78, 5) is 50.0. The fourth-order valence-corrected chi connectivity index (χ4v) is 6.29. The maximum absolute atomic E-state index is 12.8. The predicted octanol–water partition coefficient (Wildman–Crippen LogP) is 0.979. The van der Waals surface area contributed by atoms with Crippen LogP contribution in [-0.2, 0) is 39.4 Å². The topological polar surface area (TPSA) is 250 Å². The first-order chi connectivity index (χ1) is 20.1. The Morgan fingerprint density at radius 3 is 2.79 bits per heavy atom. The zero-order chi connectivity index (χ0) is 29.6. The minimum atomic E-state index is -3.98. The van der Waals surface area contributed by atoms with E-state index in [-0.39, 0.29) is 31.1 Å². The number of nitrogen functional groups attached to an aromatic ring is 2. The fraction of sp³-hybridized carbons (Fsp3) is 0.476. The molecule has 4 aromatic rings. The molecule has 4 aromatic heterocycles. The lowest BCUT2D eigenvalue weighted by atomic mass is 10.2. The molecule has 7 N–H and O–H groups in total. The molecular formula is C21H26N9O9P2S+. The Kier molecular flexibility index (Phi) is 8.05. The van der Waals surface area contributed by atoms with E-state index in [1.54, 1.807) is 21.4 Å². The van der Waals surface area contributed by atoms with E-state index in [0.29, 0.717) is 35.3 Å². The number of ether oxygens (including phenoxy) is 2. The van der Waals surface area contributed by atoms with Gasteiger partial charge in [0.05, 0.1) is 24.4 Å².